The van der Waals surface area contributed by atoms with Gasteiger partial charge in [-0.15, -0.1) is 0 Å². The van der Waals surface area contributed by atoms with Crippen LogP contribution in [0.1, 0.15) is 40.3 Å². The number of nitrogens with one attached hydrogen (secondary N) is 2. The number of amides is 1. The van der Waals surface area contributed by atoms with E-state index in [1.807, 2.05) is 91.1 Å². The molecule has 2 aromatic heterocycles. The van der Waals surface area contributed by atoms with E-state index in [0.29, 0.717) is 17.2 Å². The molecule has 6 rings (SSSR count). The second kappa shape index (κ2) is 11.8. The minimum absolute atomic E-state index is 0.0945. The molecule has 42 heavy (non-hydrogen) atoms. The summed E-state index contributed by atoms with van der Waals surface area (Å²) in [5.74, 6) is -0.481. The zero-order valence-corrected chi connectivity index (χ0v) is 23.8. The summed E-state index contributed by atoms with van der Waals surface area (Å²) in [4.78, 5) is 31.9. The Balaban J connectivity index is 1.28. The first kappa shape index (κ1) is 27.2. The van der Waals surface area contributed by atoms with Crippen LogP contribution in [0.4, 0.5) is 5.69 Å². The number of aromatic nitrogens is 2. The lowest BCUT2D eigenvalue weighted by molar-refractivity contribution is -0.116. The Bertz CT molecular complexity index is 1750. The second-order valence-corrected chi connectivity index (χ2v) is 10.4. The van der Waals surface area contributed by atoms with Gasteiger partial charge < -0.3 is 24.8 Å². The number of pyridine rings is 1. The van der Waals surface area contributed by atoms with Gasteiger partial charge in [-0.2, -0.15) is 0 Å². The predicted octanol–water partition coefficient (Wildman–Crippen LogP) is 5.81. The molecule has 2 atom stereocenters. The average Bonchev–Trinajstić information content (AvgIpc) is 3.64. The van der Waals surface area contributed by atoms with E-state index < -0.39 is 0 Å². The zero-order chi connectivity index (χ0) is 29.1. The summed E-state index contributed by atoms with van der Waals surface area (Å²) in [5.41, 5.74) is 3.96. The summed E-state index contributed by atoms with van der Waals surface area (Å²) < 4.78 is 6.92. The average molecular weight is 576 g/mol. The normalized spacial score (nSPS) is 16.3. The molecule has 0 radical (unpaired) electrons. The molecule has 9 heteroatoms. The summed E-state index contributed by atoms with van der Waals surface area (Å²) in [6.45, 7) is 0.406. The maximum atomic E-state index is 13.2. The third-order valence-corrected chi connectivity index (χ3v) is 7.84. The fraction of sp³-hybridized carbons (Fsp3) is 0.152. The van der Waals surface area contributed by atoms with Gasteiger partial charge in [0, 0.05) is 47.8 Å². The Kier molecular flexibility index (Phi) is 7.66. The molecule has 0 bridgehead atoms. The van der Waals surface area contributed by atoms with Gasteiger partial charge in [-0.25, -0.2) is 4.79 Å². The second-order valence-electron chi connectivity index (χ2n) is 9.99. The highest BCUT2D eigenvalue weighted by molar-refractivity contribution is 7.80. The minimum atomic E-state index is -0.386. The molecular formula is C33H29N5O3S. The Morgan fingerprint density at radius 1 is 0.952 bits per heavy atom. The standard InChI is InChI=1S/C33H29N5O3S/c1-41-32(40)23-14-16-24(17-15-23)37-20-7-13-28(37)31-30(27-11-4-5-19-34-27)36-33(42)38(31)21-18-29(39)35-26-12-6-9-22-8-2-3-10-25(22)26/h2-17,19-20,30-31H,18,21H2,1H3,(H,35,39)(H,36,42)/t30-,31-/m0/s1. The Morgan fingerprint density at radius 2 is 1.74 bits per heavy atom. The van der Waals surface area contributed by atoms with Gasteiger partial charge in [0.25, 0.3) is 0 Å². The van der Waals surface area contributed by atoms with Gasteiger partial charge in [0.1, 0.15) is 0 Å². The van der Waals surface area contributed by atoms with Gasteiger partial charge in [0.2, 0.25) is 5.91 Å². The number of thiocarbonyl (C=S) groups is 1. The Morgan fingerprint density at radius 3 is 2.52 bits per heavy atom. The van der Waals surface area contributed by atoms with E-state index in [1.165, 1.54) is 7.11 Å². The fourth-order valence-electron chi connectivity index (χ4n) is 5.48. The van der Waals surface area contributed by atoms with Crippen LogP contribution in [0.3, 0.4) is 0 Å². The van der Waals surface area contributed by atoms with E-state index in [2.05, 4.69) is 25.1 Å². The van der Waals surface area contributed by atoms with Gasteiger partial charge in [-0.05, 0) is 72.2 Å². The largest absolute Gasteiger partial charge is 0.465 e. The van der Waals surface area contributed by atoms with Gasteiger partial charge in [-0.3, -0.25) is 9.78 Å². The molecule has 1 amide bonds. The van der Waals surface area contributed by atoms with E-state index in [1.54, 1.807) is 18.3 Å². The predicted molar refractivity (Wildman–Crippen MR) is 166 cm³/mol. The van der Waals surface area contributed by atoms with E-state index in [9.17, 15) is 9.59 Å². The van der Waals surface area contributed by atoms with Gasteiger partial charge >= 0.3 is 5.97 Å². The third-order valence-electron chi connectivity index (χ3n) is 7.49. The molecule has 8 nitrogen and oxygen atoms in total. The highest BCUT2D eigenvalue weighted by Gasteiger charge is 2.41. The lowest BCUT2D eigenvalue weighted by Crippen LogP contribution is -2.33. The first-order valence-corrected chi connectivity index (χ1v) is 14.1. The van der Waals surface area contributed by atoms with E-state index in [-0.39, 0.29) is 30.4 Å². The number of fused-ring (bicyclic) bond motifs is 1. The minimum Gasteiger partial charge on any atom is -0.465 e. The maximum Gasteiger partial charge on any atom is 0.337 e. The molecule has 1 fully saturated rings. The van der Waals surface area contributed by atoms with E-state index in [4.69, 9.17) is 17.0 Å². The van der Waals surface area contributed by atoms with Crippen LogP contribution in [0.15, 0.2) is 109 Å². The number of hydrogen-bond donors (Lipinski definition) is 2. The number of carbonyl (C=O) groups excluding carboxylic acids is 2. The molecule has 0 aliphatic carbocycles. The monoisotopic (exact) mass is 575 g/mol. The van der Waals surface area contributed by atoms with Gasteiger partial charge in [0.05, 0.1) is 30.5 Å². The molecule has 5 aromatic rings. The number of anilines is 1. The van der Waals surface area contributed by atoms with Crippen LogP contribution in [0, 0.1) is 0 Å². The van der Waals surface area contributed by atoms with Crippen LogP contribution in [-0.4, -0.2) is 45.1 Å². The van der Waals surface area contributed by atoms with Crippen molar-refractivity contribution in [1.82, 2.24) is 19.8 Å². The number of nitrogens with zero attached hydrogens (tertiary/aromatic N) is 3. The number of carbonyl (C=O) groups is 2. The van der Waals surface area contributed by atoms with Crippen molar-refractivity contribution in [1.29, 1.82) is 0 Å². The quantitative estimate of drug-likeness (QED) is 0.178. The van der Waals surface area contributed by atoms with Crippen molar-refractivity contribution in [3.63, 3.8) is 0 Å². The van der Waals surface area contributed by atoms with Crippen molar-refractivity contribution in [2.75, 3.05) is 19.0 Å². The highest BCUT2D eigenvalue weighted by Crippen LogP contribution is 2.39. The molecule has 1 saturated heterocycles. The van der Waals surface area contributed by atoms with Crippen molar-refractivity contribution in [3.8, 4) is 5.69 Å². The summed E-state index contributed by atoms with van der Waals surface area (Å²) in [7, 11) is 1.37. The summed E-state index contributed by atoms with van der Waals surface area (Å²) in [5, 5.41) is 9.17. The first-order chi connectivity index (χ1) is 20.5. The van der Waals surface area contributed by atoms with Crippen molar-refractivity contribution in [3.05, 3.63) is 126 Å². The molecule has 0 unspecified atom stereocenters. The third kappa shape index (κ3) is 5.34. The molecule has 1 aliphatic heterocycles. The van der Waals surface area contributed by atoms with Crippen LogP contribution in [0.25, 0.3) is 16.5 Å². The molecule has 1 aliphatic rings. The number of ether oxygens (including phenoxy) is 1. The highest BCUT2D eigenvalue weighted by atomic mass is 32.1. The molecule has 0 spiro atoms. The molecule has 3 heterocycles. The number of methoxy groups -OCH3 is 1. The van der Waals surface area contributed by atoms with E-state index >= 15 is 0 Å². The molecule has 210 valence electrons. The molecule has 3 aromatic carbocycles. The van der Waals surface area contributed by atoms with Crippen molar-refractivity contribution in [2.45, 2.75) is 18.5 Å². The fourth-order valence-corrected chi connectivity index (χ4v) is 5.81. The van der Waals surface area contributed by atoms with Crippen molar-refractivity contribution < 1.29 is 14.3 Å². The van der Waals surface area contributed by atoms with Crippen LogP contribution in [0.5, 0.6) is 0 Å². The van der Waals surface area contributed by atoms with Crippen LogP contribution < -0.4 is 10.6 Å². The number of rotatable bonds is 8. The van der Waals surface area contributed by atoms with Crippen LogP contribution in [-0.2, 0) is 9.53 Å². The molecular weight excluding hydrogens is 546 g/mol. The Hall–Kier alpha value is -5.02. The lowest BCUT2D eigenvalue weighted by Gasteiger charge is -2.29. The van der Waals surface area contributed by atoms with Crippen molar-refractivity contribution in [2.24, 2.45) is 0 Å². The van der Waals surface area contributed by atoms with E-state index in [0.717, 1.165) is 33.5 Å². The number of hydrogen-bond acceptors (Lipinski definition) is 5. The van der Waals surface area contributed by atoms with Crippen LogP contribution in [0.2, 0.25) is 0 Å². The summed E-state index contributed by atoms with van der Waals surface area (Å²) in [6.07, 6.45) is 3.98. The molecule has 2 N–H and O–H groups in total. The number of esters is 1. The zero-order valence-electron chi connectivity index (χ0n) is 22.9. The smallest absolute Gasteiger partial charge is 0.337 e. The first-order valence-electron chi connectivity index (χ1n) is 13.6. The lowest BCUT2D eigenvalue weighted by atomic mass is 10.0. The summed E-state index contributed by atoms with van der Waals surface area (Å²) >= 11 is 5.83. The molecule has 0 saturated carbocycles. The van der Waals surface area contributed by atoms with Gasteiger partial charge in [0.15, 0.2) is 5.11 Å². The summed E-state index contributed by atoms with van der Waals surface area (Å²) in [6, 6.07) is 30.5. The Labute approximate surface area is 248 Å². The topological polar surface area (TPSA) is 88.5 Å². The number of benzene rings is 3. The van der Waals surface area contributed by atoms with Crippen LogP contribution >= 0.6 is 12.2 Å². The van der Waals surface area contributed by atoms with Gasteiger partial charge in [-0.1, -0.05) is 42.5 Å². The SMILES string of the molecule is COC(=O)c1ccc(-n2cccc2[C@H]2[C@H](c3ccccn3)NC(=S)N2CCC(=O)Nc2cccc3ccccc23)cc1. The maximum absolute atomic E-state index is 13.2. The van der Waals surface area contributed by atoms with Crippen molar-refractivity contribution >= 4 is 45.7 Å².